The molecule has 0 saturated carbocycles. The van der Waals surface area contributed by atoms with Gasteiger partial charge in [0.15, 0.2) is 5.82 Å². The van der Waals surface area contributed by atoms with Crippen LogP contribution in [-0.4, -0.2) is 67.1 Å². The number of thiophene rings is 1. The number of carbonyl (C=O) groups excluding carboxylic acids is 3. The first-order chi connectivity index (χ1) is 15.5. The molecule has 3 N–H and O–H groups in total. The van der Waals surface area contributed by atoms with E-state index < -0.39 is 23.3 Å². The van der Waals surface area contributed by atoms with Crippen molar-refractivity contribution in [3.8, 4) is 0 Å². The molecule has 1 fully saturated rings. The maximum absolute atomic E-state index is 12.7. The Balaban J connectivity index is 1.43. The van der Waals surface area contributed by atoms with Crippen LogP contribution in [0.15, 0.2) is 46.2 Å². The minimum atomic E-state index is -1.19. The largest absolute Gasteiger partial charge is 0.477 e. The number of nitrogens with one attached hydrogen (secondary N) is 2. The second-order valence-corrected chi connectivity index (χ2v) is 9.89. The zero-order valence-corrected chi connectivity index (χ0v) is 18.8. The van der Waals surface area contributed by atoms with Crippen LogP contribution in [0.4, 0.5) is 5.82 Å². The summed E-state index contributed by atoms with van der Waals surface area (Å²) in [6.45, 7) is 0. The maximum atomic E-state index is 12.7. The number of carboxylic acids is 1. The molecule has 32 heavy (non-hydrogen) atoms. The van der Waals surface area contributed by atoms with Crippen LogP contribution in [0.25, 0.3) is 0 Å². The molecule has 2 aromatic rings. The SMILES string of the molecule is O=CNc1cncc(SCC2=C(C(=O)O)N3C(=O)C(NC(=O)Cc4cccs4)[C@@H]3SC2)n1. The number of thioether (sulfide) groups is 2. The Morgan fingerprint density at radius 3 is 2.94 bits per heavy atom. The van der Waals surface area contributed by atoms with Crippen molar-refractivity contribution in [1.29, 1.82) is 0 Å². The number of carboxylic acid groups (broad SMARTS) is 1. The summed E-state index contributed by atoms with van der Waals surface area (Å²) >= 11 is 4.13. The quantitative estimate of drug-likeness (QED) is 0.268. The van der Waals surface area contributed by atoms with Gasteiger partial charge in [-0.3, -0.25) is 24.3 Å². The Labute approximate surface area is 194 Å². The molecule has 2 aromatic heterocycles. The van der Waals surface area contributed by atoms with Crippen molar-refractivity contribution >= 4 is 64.9 Å². The number of fused-ring (bicyclic) bond motifs is 1. The molecule has 0 radical (unpaired) electrons. The maximum Gasteiger partial charge on any atom is 0.352 e. The van der Waals surface area contributed by atoms with E-state index in [1.807, 2.05) is 17.5 Å². The van der Waals surface area contributed by atoms with E-state index in [2.05, 4.69) is 20.6 Å². The summed E-state index contributed by atoms with van der Waals surface area (Å²) < 4.78 is 0. The number of carbonyl (C=O) groups is 4. The molecule has 4 rings (SSSR count). The molecule has 2 atom stereocenters. The highest BCUT2D eigenvalue weighted by molar-refractivity contribution is 8.01. The number of aromatic nitrogens is 2. The van der Waals surface area contributed by atoms with Crippen LogP contribution in [0.3, 0.4) is 0 Å². The molecule has 0 aromatic carbocycles. The van der Waals surface area contributed by atoms with Gasteiger partial charge in [-0.05, 0) is 17.0 Å². The molecular weight excluding hydrogens is 474 g/mol. The highest BCUT2D eigenvalue weighted by atomic mass is 32.2. The summed E-state index contributed by atoms with van der Waals surface area (Å²) in [5.74, 6) is -0.909. The fourth-order valence-electron chi connectivity index (χ4n) is 3.30. The summed E-state index contributed by atoms with van der Waals surface area (Å²) in [5, 5.41) is 16.8. The standard InChI is InChI=1S/C19H17N5O5S3/c25-9-21-12-5-20-6-14(22-12)31-7-10-8-32-18-15(17(27)24(18)16(10)19(28)29)23-13(26)4-11-2-1-3-30-11/h1-3,5-6,9,15,18H,4,7-8H2,(H,23,26)(H,28,29)(H,21,22,25)/t15?,18-/m0/s1. The molecule has 10 nitrogen and oxygen atoms in total. The van der Waals surface area contributed by atoms with Gasteiger partial charge in [-0.25, -0.2) is 9.78 Å². The molecule has 0 spiro atoms. The van der Waals surface area contributed by atoms with E-state index in [1.165, 1.54) is 52.2 Å². The number of amides is 3. The van der Waals surface area contributed by atoms with Crippen molar-refractivity contribution in [3.63, 3.8) is 0 Å². The van der Waals surface area contributed by atoms with E-state index in [4.69, 9.17) is 0 Å². The van der Waals surface area contributed by atoms with Gasteiger partial charge in [-0.15, -0.1) is 34.9 Å². The summed E-state index contributed by atoms with van der Waals surface area (Å²) in [7, 11) is 0. The lowest BCUT2D eigenvalue weighted by Gasteiger charge is -2.49. The fourth-order valence-corrected chi connectivity index (χ4v) is 6.34. The number of hydrogen-bond donors (Lipinski definition) is 3. The number of aliphatic carboxylic acids is 1. The Hall–Kier alpha value is -2.90. The first kappa shape index (κ1) is 22.3. The summed E-state index contributed by atoms with van der Waals surface area (Å²) in [4.78, 5) is 57.9. The normalized spacial score (nSPS) is 19.8. The molecule has 3 amide bonds. The van der Waals surface area contributed by atoms with Crippen LogP contribution in [0.5, 0.6) is 0 Å². The van der Waals surface area contributed by atoms with Crippen molar-refractivity contribution in [1.82, 2.24) is 20.2 Å². The van der Waals surface area contributed by atoms with E-state index in [0.717, 1.165) is 4.88 Å². The Morgan fingerprint density at radius 2 is 2.22 bits per heavy atom. The van der Waals surface area contributed by atoms with Gasteiger partial charge >= 0.3 is 5.97 Å². The van der Waals surface area contributed by atoms with E-state index in [1.54, 1.807) is 0 Å². The van der Waals surface area contributed by atoms with Gasteiger partial charge in [-0.1, -0.05) is 6.07 Å². The van der Waals surface area contributed by atoms with Crippen LogP contribution < -0.4 is 10.6 Å². The van der Waals surface area contributed by atoms with E-state index >= 15 is 0 Å². The molecule has 0 bridgehead atoms. The van der Waals surface area contributed by atoms with Crippen LogP contribution in [0, 0.1) is 0 Å². The number of β-lactam (4-membered cyclic amide) rings is 1. The third kappa shape index (κ3) is 4.64. The van der Waals surface area contributed by atoms with Crippen molar-refractivity contribution in [2.45, 2.75) is 22.9 Å². The van der Waals surface area contributed by atoms with Gasteiger partial charge < -0.3 is 15.7 Å². The molecule has 2 aliphatic rings. The van der Waals surface area contributed by atoms with E-state index in [0.29, 0.717) is 28.5 Å². The van der Waals surface area contributed by atoms with Gasteiger partial charge in [0.05, 0.1) is 18.8 Å². The molecular formula is C19H17N5O5S3. The Bertz CT molecular complexity index is 1090. The second kappa shape index (κ2) is 9.71. The molecule has 0 aliphatic carbocycles. The second-order valence-electron chi connectivity index (χ2n) is 6.76. The lowest BCUT2D eigenvalue weighted by Crippen LogP contribution is -2.70. The number of anilines is 1. The van der Waals surface area contributed by atoms with E-state index in [9.17, 15) is 24.3 Å². The summed E-state index contributed by atoms with van der Waals surface area (Å²) in [5.41, 5.74) is 0.529. The van der Waals surface area contributed by atoms with Crippen LogP contribution >= 0.6 is 34.9 Å². The zero-order valence-electron chi connectivity index (χ0n) is 16.4. The molecule has 1 saturated heterocycles. The van der Waals surface area contributed by atoms with Gasteiger partial charge in [0, 0.05) is 16.4 Å². The number of rotatable bonds is 9. The van der Waals surface area contributed by atoms with Crippen molar-refractivity contribution in [2.24, 2.45) is 0 Å². The predicted octanol–water partition coefficient (Wildman–Crippen LogP) is 1.18. The fraction of sp³-hybridized carbons (Fsp3) is 0.263. The minimum absolute atomic E-state index is 0.0508. The Morgan fingerprint density at radius 1 is 1.38 bits per heavy atom. The molecule has 1 unspecified atom stereocenters. The molecule has 2 aliphatic heterocycles. The highest BCUT2D eigenvalue weighted by Gasteiger charge is 2.54. The zero-order chi connectivity index (χ0) is 22.7. The predicted molar refractivity (Wildman–Crippen MR) is 120 cm³/mol. The summed E-state index contributed by atoms with van der Waals surface area (Å²) in [6, 6.07) is 2.96. The van der Waals surface area contributed by atoms with Gasteiger partial charge in [0.2, 0.25) is 12.3 Å². The van der Waals surface area contributed by atoms with Crippen LogP contribution in [0.2, 0.25) is 0 Å². The van der Waals surface area contributed by atoms with Crippen LogP contribution in [0.1, 0.15) is 4.88 Å². The number of hydrogen-bond acceptors (Lipinski definition) is 9. The average Bonchev–Trinajstić information content (AvgIpc) is 3.28. The third-order valence-electron chi connectivity index (χ3n) is 4.69. The third-order valence-corrected chi connectivity index (χ3v) is 7.90. The molecule has 166 valence electrons. The smallest absolute Gasteiger partial charge is 0.352 e. The molecule has 13 heteroatoms. The van der Waals surface area contributed by atoms with Crippen molar-refractivity contribution in [2.75, 3.05) is 16.8 Å². The topological polar surface area (TPSA) is 142 Å². The van der Waals surface area contributed by atoms with Gasteiger partial charge in [-0.2, -0.15) is 0 Å². The molecule has 4 heterocycles. The first-order valence-electron chi connectivity index (χ1n) is 9.34. The van der Waals surface area contributed by atoms with Gasteiger partial charge in [0.25, 0.3) is 5.91 Å². The van der Waals surface area contributed by atoms with Crippen LogP contribution in [-0.2, 0) is 25.6 Å². The van der Waals surface area contributed by atoms with Crippen molar-refractivity contribution in [3.05, 3.63) is 46.1 Å². The highest BCUT2D eigenvalue weighted by Crippen LogP contribution is 2.41. The van der Waals surface area contributed by atoms with Crippen molar-refractivity contribution < 1.29 is 24.3 Å². The summed E-state index contributed by atoms with van der Waals surface area (Å²) in [6.07, 6.45) is 3.58. The first-order valence-corrected chi connectivity index (χ1v) is 12.3. The van der Waals surface area contributed by atoms with Gasteiger partial charge in [0.1, 0.15) is 22.1 Å². The van der Waals surface area contributed by atoms with E-state index in [-0.39, 0.29) is 23.8 Å². The minimum Gasteiger partial charge on any atom is -0.477 e. The monoisotopic (exact) mass is 491 g/mol. The Kier molecular flexibility index (Phi) is 6.77. The number of nitrogens with zero attached hydrogens (tertiary/aromatic N) is 3. The lowest BCUT2D eigenvalue weighted by molar-refractivity contribution is -0.150. The lowest BCUT2D eigenvalue weighted by atomic mass is 10.0. The average molecular weight is 492 g/mol.